The van der Waals surface area contributed by atoms with E-state index >= 15 is 0 Å². The second-order valence-electron chi connectivity index (χ2n) is 4.33. The number of nitrogens with zero attached hydrogens (tertiary/aromatic N) is 3. The minimum atomic E-state index is -0.507. The van der Waals surface area contributed by atoms with Crippen LogP contribution in [0.5, 0.6) is 0 Å². The molecule has 0 aliphatic carbocycles. The highest BCUT2D eigenvalue weighted by Crippen LogP contribution is 2.18. The number of rotatable bonds is 5. The van der Waals surface area contributed by atoms with E-state index in [2.05, 4.69) is 26.8 Å². The Hall–Kier alpha value is -2.68. The van der Waals surface area contributed by atoms with Gasteiger partial charge in [-0.3, -0.25) is 4.79 Å². The van der Waals surface area contributed by atoms with Gasteiger partial charge >= 0.3 is 0 Å². The third kappa shape index (κ3) is 3.01. The zero-order valence-electron chi connectivity index (χ0n) is 11.1. The normalized spacial score (nSPS) is 11.6. The Morgan fingerprint density at radius 3 is 2.80 bits per heavy atom. The van der Waals surface area contributed by atoms with E-state index in [9.17, 15) is 4.79 Å². The van der Waals surface area contributed by atoms with Crippen LogP contribution >= 0.6 is 0 Å². The number of H-pyrrole nitrogens is 1. The predicted octanol–water partition coefficient (Wildman–Crippen LogP) is 1.89. The standard InChI is InChI=1S/C14H15N5O/c1-2-6-11(9-15)16-14(20)13-12(17-19-18-13)10-7-4-3-5-8-10/h3-5,7-8,11H,2,6H2,1H3,(H,16,20)(H,17,18,19). The molecule has 0 spiro atoms. The van der Waals surface area contributed by atoms with Gasteiger partial charge in [0.05, 0.1) is 6.07 Å². The highest BCUT2D eigenvalue weighted by atomic mass is 16.2. The molecule has 6 heteroatoms. The first-order valence-corrected chi connectivity index (χ1v) is 6.43. The van der Waals surface area contributed by atoms with Crippen LogP contribution in [0.3, 0.4) is 0 Å². The molecule has 0 aliphatic heterocycles. The number of aromatic nitrogens is 3. The number of carbonyl (C=O) groups excluding carboxylic acids is 1. The number of hydrogen-bond acceptors (Lipinski definition) is 4. The first kappa shape index (κ1) is 13.7. The summed E-state index contributed by atoms with van der Waals surface area (Å²) >= 11 is 0. The molecule has 1 aromatic carbocycles. The summed E-state index contributed by atoms with van der Waals surface area (Å²) < 4.78 is 0. The molecule has 1 aromatic heterocycles. The van der Waals surface area contributed by atoms with Crippen molar-refractivity contribution in [3.63, 3.8) is 0 Å². The molecule has 0 fully saturated rings. The minimum Gasteiger partial charge on any atom is -0.335 e. The second kappa shape index (κ2) is 6.48. The molecular weight excluding hydrogens is 254 g/mol. The molecule has 1 amide bonds. The molecule has 102 valence electrons. The van der Waals surface area contributed by atoms with Crippen molar-refractivity contribution in [3.8, 4) is 17.3 Å². The highest BCUT2D eigenvalue weighted by molar-refractivity contribution is 5.98. The molecule has 2 N–H and O–H groups in total. The Bertz CT molecular complexity index is 614. The minimum absolute atomic E-state index is 0.201. The summed E-state index contributed by atoms with van der Waals surface area (Å²) in [7, 11) is 0. The summed E-state index contributed by atoms with van der Waals surface area (Å²) in [6.07, 6.45) is 1.43. The van der Waals surface area contributed by atoms with Crippen LogP contribution in [0, 0.1) is 11.3 Å². The van der Waals surface area contributed by atoms with Crippen LogP contribution in [0.1, 0.15) is 30.3 Å². The fourth-order valence-corrected chi connectivity index (χ4v) is 1.87. The van der Waals surface area contributed by atoms with E-state index in [-0.39, 0.29) is 5.69 Å². The van der Waals surface area contributed by atoms with Crippen molar-refractivity contribution in [2.24, 2.45) is 0 Å². The smallest absolute Gasteiger partial charge is 0.275 e. The Balaban J connectivity index is 2.20. The van der Waals surface area contributed by atoms with Gasteiger partial charge in [0.25, 0.3) is 5.91 Å². The maximum Gasteiger partial charge on any atom is 0.275 e. The van der Waals surface area contributed by atoms with Crippen molar-refractivity contribution in [1.29, 1.82) is 5.26 Å². The van der Waals surface area contributed by atoms with Crippen LogP contribution in [-0.4, -0.2) is 27.4 Å². The average molecular weight is 269 g/mol. The summed E-state index contributed by atoms with van der Waals surface area (Å²) in [5, 5.41) is 22.0. The lowest BCUT2D eigenvalue weighted by Gasteiger charge is -2.09. The maximum absolute atomic E-state index is 12.2. The number of nitrogens with one attached hydrogen (secondary N) is 2. The van der Waals surface area contributed by atoms with E-state index < -0.39 is 11.9 Å². The molecule has 1 atom stereocenters. The van der Waals surface area contributed by atoms with E-state index in [1.54, 1.807) is 0 Å². The summed E-state index contributed by atoms with van der Waals surface area (Å²) in [4.78, 5) is 12.2. The van der Waals surface area contributed by atoms with Gasteiger partial charge in [-0.2, -0.15) is 20.7 Å². The van der Waals surface area contributed by atoms with Crippen LogP contribution in [0.4, 0.5) is 0 Å². The SMILES string of the molecule is CCCC(C#N)NC(=O)c1n[nH]nc1-c1ccccc1. The van der Waals surface area contributed by atoms with Gasteiger partial charge in [0.2, 0.25) is 0 Å². The molecule has 2 rings (SSSR count). The molecule has 2 aromatic rings. The van der Waals surface area contributed by atoms with Gasteiger partial charge in [-0.15, -0.1) is 0 Å². The van der Waals surface area contributed by atoms with E-state index in [1.165, 1.54) is 0 Å². The molecule has 0 aliphatic rings. The van der Waals surface area contributed by atoms with Crippen molar-refractivity contribution >= 4 is 5.91 Å². The van der Waals surface area contributed by atoms with Gasteiger partial charge in [-0.1, -0.05) is 43.7 Å². The van der Waals surface area contributed by atoms with Crippen LogP contribution in [-0.2, 0) is 0 Å². The van der Waals surface area contributed by atoms with Gasteiger partial charge in [-0.25, -0.2) is 0 Å². The van der Waals surface area contributed by atoms with Crippen molar-refractivity contribution in [2.45, 2.75) is 25.8 Å². The van der Waals surface area contributed by atoms with E-state index in [0.717, 1.165) is 12.0 Å². The Kier molecular flexibility index (Phi) is 4.45. The Morgan fingerprint density at radius 2 is 2.15 bits per heavy atom. The lowest BCUT2D eigenvalue weighted by Crippen LogP contribution is -2.34. The molecule has 20 heavy (non-hydrogen) atoms. The Labute approximate surface area is 116 Å². The molecule has 0 bridgehead atoms. The number of aromatic amines is 1. The monoisotopic (exact) mass is 269 g/mol. The topological polar surface area (TPSA) is 94.5 Å². The van der Waals surface area contributed by atoms with Crippen LogP contribution < -0.4 is 5.32 Å². The lowest BCUT2D eigenvalue weighted by atomic mass is 10.1. The molecule has 0 saturated carbocycles. The molecule has 0 saturated heterocycles. The van der Waals surface area contributed by atoms with Gasteiger partial charge in [0, 0.05) is 5.56 Å². The van der Waals surface area contributed by atoms with Crippen molar-refractivity contribution < 1.29 is 4.79 Å². The quantitative estimate of drug-likeness (QED) is 0.866. The van der Waals surface area contributed by atoms with Gasteiger partial charge in [-0.05, 0) is 6.42 Å². The number of nitriles is 1. The van der Waals surface area contributed by atoms with E-state index in [0.29, 0.717) is 12.1 Å². The highest BCUT2D eigenvalue weighted by Gasteiger charge is 2.20. The average Bonchev–Trinajstić information content (AvgIpc) is 2.97. The fourth-order valence-electron chi connectivity index (χ4n) is 1.87. The first-order chi connectivity index (χ1) is 9.76. The number of amides is 1. The van der Waals surface area contributed by atoms with Crippen molar-refractivity contribution in [2.75, 3.05) is 0 Å². The Morgan fingerprint density at radius 1 is 1.40 bits per heavy atom. The lowest BCUT2D eigenvalue weighted by molar-refractivity contribution is 0.0939. The first-order valence-electron chi connectivity index (χ1n) is 6.43. The molecule has 0 radical (unpaired) electrons. The van der Waals surface area contributed by atoms with Crippen molar-refractivity contribution in [3.05, 3.63) is 36.0 Å². The third-order valence-electron chi connectivity index (χ3n) is 2.85. The molecule has 6 nitrogen and oxygen atoms in total. The van der Waals surface area contributed by atoms with Gasteiger partial charge in [0.1, 0.15) is 11.7 Å². The van der Waals surface area contributed by atoms with Gasteiger partial charge < -0.3 is 5.32 Å². The van der Waals surface area contributed by atoms with Gasteiger partial charge in [0.15, 0.2) is 5.69 Å². The van der Waals surface area contributed by atoms with Crippen LogP contribution in [0.2, 0.25) is 0 Å². The molecule has 1 unspecified atom stereocenters. The zero-order chi connectivity index (χ0) is 14.4. The number of carbonyl (C=O) groups is 1. The summed E-state index contributed by atoms with van der Waals surface area (Å²) in [6.45, 7) is 1.96. The van der Waals surface area contributed by atoms with E-state index in [4.69, 9.17) is 5.26 Å². The summed E-state index contributed by atoms with van der Waals surface area (Å²) in [6, 6.07) is 10.9. The zero-order valence-corrected chi connectivity index (χ0v) is 11.1. The molecular formula is C14H15N5O. The van der Waals surface area contributed by atoms with Crippen molar-refractivity contribution in [1.82, 2.24) is 20.7 Å². The van der Waals surface area contributed by atoms with Crippen LogP contribution in [0.25, 0.3) is 11.3 Å². The van der Waals surface area contributed by atoms with E-state index in [1.807, 2.05) is 37.3 Å². The number of benzene rings is 1. The maximum atomic E-state index is 12.2. The second-order valence-corrected chi connectivity index (χ2v) is 4.33. The molecule has 1 heterocycles. The van der Waals surface area contributed by atoms with Crippen LogP contribution in [0.15, 0.2) is 30.3 Å². The summed E-state index contributed by atoms with van der Waals surface area (Å²) in [5.74, 6) is -0.391. The number of hydrogen-bond donors (Lipinski definition) is 2. The fraction of sp³-hybridized carbons (Fsp3) is 0.286. The predicted molar refractivity (Wildman–Crippen MR) is 73.6 cm³/mol. The third-order valence-corrected chi connectivity index (χ3v) is 2.85. The largest absolute Gasteiger partial charge is 0.335 e. The summed E-state index contributed by atoms with van der Waals surface area (Å²) in [5.41, 5.74) is 1.49.